The van der Waals surface area contributed by atoms with E-state index in [1.54, 1.807) is 58.0 Å². The normalized spacial score (nSPS) is 17.0. The van der Waals surface area contributed by atoms with Gasteiger partial charge in [-0.3, -0.25) is 4.68 Å². The summed E-state index contributed by atoms with van der Waals surface area (Å²) in [6.45, 7) is 8.10. The van der Waals surface area contributed by atoms with Gasteiger partial charge in [-0.25, -0.2) is 9.18 Å². The topological polar surface area (TPSA) is 56.6 Å². The molecule has 206 valence electrons. The van der Waals surface area contributed by atoms with E-state index < -0.39 is 35.0 Å². The highest BCUT2D eigenvalue weighted by Crippen LogP contribution is 2.40. The van der Waals surface area contributed by atoms with E-state index in [9.17, 15) is 22.4 Å². The maximum absolute atomic E-state index is 13.7. The molecular formula is C28H33F4N3O3. The van der Waals surface area contributed by atoms with Crippen LogP contribution in [0.4, 0.5) is 22.4 Å². The molecule has 1 aromatic heterocycles. The summed E-state index contributed by atoms with van der Waals surface area (Å²) < 4.78 is 67.8. The molecule has 1 saturated heterocycles. The smallest absolute Gasteiger partial charge is 0.416 e. The molecule has 2 aromatic carbocycles. The van der Waals surface area contributed by atoms with E-state index >= 15 is 0 Å². The standard InChI is InChI=1S/C28H33F4N3O3/c1-18(23-15-21(28(30,31)32)14-19-16-34(5)33-24(19)23)37-17-27(20-6-8-22(29)9-7-20)10-12-35(13-11-27)25(36)38-26(2,3)4/h6-9,14-16,18H,10-13,17H2,1-5H3. The van der Waals surface area contributed by atoms with Gasteiger partial charge < -0.3 is 14.4 Å². The molecule has 38 heavy (non-hydrogen) atoms. The second-order valence-electron chi connectivity index (χ2n) is 11.0. The summed E-state index contributed by atoms with van der Waals surface area (Å²) >= 11 is 0. The Kier molecular flexibility index (Phi) is 7.49. The predicted octanol–water partition coefficient (Wildman–Crippen LogP) is 6.78. The van der Waals surface area contributed by atoms with Gasteiger partial charge in [-0.15, -0.1) is 0 Å². The van der Waals surface area contributed by atoms with Gasteiger partial charge in [0.1, 0.15) is 11.4 Å². The van der Waals surface area contributed by atoms with Crippen molar-refractivity contribution in [3.8, 4) is 0 Å². The molecule has 0 radical (unpaired) electrons. The van der Waals surface area contributed by atoms with Crippen LogP contribution >= 0.6 is 0 Å². The average Bonchev–Trinajstić information content (AvgIpc) is 3.21. The lowest BCUT2D eigenvalue weighted by Crippen LogP contribution is -2.48. The third-order valence-corrected chi connectivity index (χ3v) is 6.96. The number of ether oxygens (including phenoxy) is 2. The summed E-state index contributed by atoms with van der Waals surface area (Å²) in [7, 11) is 1.66. The highest BCUT2D eigenvalue weighted by molar-refractivity contribution is 5.83. The molecule has 0 saturated carbocycles. The number of nitrogens with zero attached hydrogens (tertiary/aromatic N) is 3. The average molecular weight is 536 g/mol. The molecule has 0 spiro atoms. The fourth-order valence-corrected chi connectivity index (χ4v) is 4.89. The van der Waals surface area contributed by atoms with Gasteiger partial charge in [-0.1, -0.05) is 12.1 Å². The largest absolute Gasteiger partial charge is 0.444 e. The third kappa shape index (κ3) is 6.11. The van der Waals surface area contributed by atoms with Crippen LogP contribution in [0.25, 0.3) is 10.9 Å². The molecule has 1 unspecified atom stereocenters. The van der Waals surface area contributed by atoms with Crippen molar-refractivity contribution in [2.75, 3.05) is 19.7 Å². The molecule has 3 aromatic rings. The minimum Gasteiger partial charge on any atom is -0.444 e. The number of aromatic nitrogens is 2. The summed E-state index contributed by atoms with van der Waals surface area (Å²) in [5.74, 6) is -0.370. The molecule has 1 amide bonds. The number of rotatable bonds is 5. The van der Waals surface area contributed by atoms with Crippen molar-refractivity contribution in [1.82, 2.24) is 14.7 Å². The zero-order chi connectivity index (χ0) is 27.9. The van der Waals surface area contributed by atoms with E-state index in [0.717, 1.165) is 17.7 Å². The highest BCUT2D eigenvalue weighted by Gasteiger charge is 2.40. The molecule has 6 nitrogen and oxygen atoms in total. The number of alkyl halides is 3. The molecule has 0 aliphatic carbocycles. The summed E-state index contributed by atoms with van der Waals surface area (Å²) in [4.78, 5) is 14.3. The number of carbonyl (C=O) groups excluding carboxylic acids is 1. The number of carbonyl (C=O) groups is 1. The SMILES string of the molecule is CC(OCC1(c2ccc(F)cc2)CCN(C(=O)OC(C)(C)C)CC1)c1cc(C(F)(F)F)cc2cn(C)nc12. The first kappa shape index (κ1) is 27.9. The van der Waals surface area contributed by atoms with Crippen LogP contribution in [0.1, 0.15) is 63.3 Å². The molecule has 4 rings (SSSR count). The second-order valence-corrected chi connectivity index (χ2v) is 11.0. The minimum absolute atomic E-state index is 0.173. The predicted molar refractivity (Wildman–Crippen MR) is 135 cm³/mol. The Balaban J connectivity index is 1.59. The summed E-state index contributed by atoms with van der Waals surface area (Å²) in [6.07, 6.45) is -3.02. The molecule has 1 aliphatic heterocycles. The van der Waals surface area contributed by atoms with Gasteiger partial charge >= 0.3 is 12.3 Å². The zero-order valence-corrected chi connectivity index (χ0v) is 22.2. The van der Waals surface area contributed by atoms with Crippen molar-refractivity contribution >= 4 is 17.0 Å². The van der Waals surface area contributed by atoms with Crippen LogP contribution in [-0.2, 0) is 28.1 Å². The number of fused-ring (bicyclic) bond motifs is 1. The number of hydrogen-bond acceptors (Lipinski definition) is 4. The number of halogens is 4. The Bertz CT molecular complexity index is 1290. The maximum atomic E-state index is 13.7. The Labute approximate surface area is 219 Å². The van der Waals surface area contributed by atoms with Gasteiger partial charge in [0.2, 0.25) is 0 Å². The fourth-order valence-electron chi connectivity index (χ4n) is 4.89. The van der Waals surface area contributed by atoms with Gasteiger partial charge in [0.15, 0.2) is 0 Å². The molecule has 1 atom stereocenters. The Hall–Kier alpha value is -3.14. The number of amides is 1. The first-order chi connectivity index (χ1) is 17.7. The number of benzene rings is 2. The fraction of sp³-hybridized carbons (Fsp3) is 0.500. The molecule has 0 N–H and O–H groups in total. The molecule has 1 fully saturated rings. The molecular weight excluding hydrogens is 502 g/mol. The Morgan fingerprint density at radius 1 is 1.11 bits per heavy atom. The van der Waals surface area contributed by atoms with E-state index in [1.165, 1.54) is 16.8 Å². The van der Waals surface area contributed by atoms with E-state index in [1.807, 2.05) is 0 Å². The maximum Gasteiger partial charge on any atom is 0.416 e. The molecule has 2 heterocycles. The summed E-state index contributed by atoms with van der Waals surface area (Å²) in [6, 6.07) is 8.35. The number of likely N-dealkylation sites (tertiary alicyclic amines) is 1. The summed E-state index contributed by atoms with van der Waals surface area (Å²) in [5, 5.41) is 4.75. The van der Waals surface area contributed by atoms with Crippen LogP contribution in [0.3, 0.4) is 0 Å². The monoisotopic (exact) mass is 535 g/mol. The lowest BCUT2D eigenvalue weighted by atomic mass is 9.73. The van der Waals surface area contributed by atoms with Crippen molar-refractivity contribution in [1.29, 1.82) is 0 Å². The van der Waals surface area contributed by atoms with Crippen LogP contribution in [0.15, 0.2) is 42.6 Å². The van der Waals surface area contributed by atoms with Gasteiger partial charge in [-0.2, -0.15) is 18.3 Å². The van der Waals surface area contributed by atoms with Gasteiger partial charge in [0.05, 0.1) is 23.8 Å². The number of piperidine rings is 1. The zero-order valence-electron chi connectivity index (χ0n) is 22.2. The molecule has 0 bridgehead atoms. The highest BCUT2D eigenvalue weighted by atomic mass is 19.4. The first-order valence-corrected chi connectivity index (χ1v) is 12.6. The van der Waals surface area contributed by atoms with E-state index in [4.69, 9.17) is 9.47 Å². The van der Waals surface area contributed by atoms with Crippen LogP contribution in [0, 0.1) is 5.82 Å². The Morgan fingerprint density at radius 3 is 2.32 bits per heavy atom. The van der Waals surface area contributed by atoms with E-state index in [0.29, 0.717) is 42.4 Å². The van der Waals surface area contributed by atoms with E-state index in [2.05, 4.69) is 5.10 Å². The number of aryl methyl sites for hydroxylation is 1. The summed E-state index contributed by atoms with van der Waals surface area (Å²) in [5.41, 5.74) is -0.308. The molecule has 10 heteroatoms. The van der Waals surface area contributed by atoms with Crippen molar-refractivity contribution in [2.45, 2.75) is 63.8 Å². The first-order valence-electron chi connectivity index (χ1n) is 12.6. The van der Waals surface area contributed by atoms with Crippen LogP contribution in [-0.4, -0.2) is 46.1 Å². The van der Waals surface area contributed by atoms with Crippen molar-refractivity contribution in [3.63, 3.8) is 0 Å². The van der Waals surface area contributed by atoms with Crippen LogP contribution < -0.4 is 0 Å². The lowest BCUT2D eigenvalue weighted by molar-refractivity contribution is -0.137. The van der Waals surface area contributed by atoms with Crippen molar-refractivity contribution in [3.05, 3.63) is 65.1 Å². The van der Waals surface area contributed by atoms with Crippen molar-refractivity contribution in [2.24, 2.45) is 7.05 Å². The quantitative estimate of drug-likeness (QED) is 0.338. The van der Waals surface area contributed by atoms with Gasteiger partial charge in [0, 0.05) is 42.7 Å². The van der Waals surface area contributed by atoms with Crippen LogP contribution in [0.2, 0.25) is 0 Å². The van der Waals surface area contributed by atoms with Gasteiger partial charge in [-0.05, 0) is 70.4 Å². The lowest BCUT2D eigenvalue weighted by Gasteiger charge is -2.42. The van der Waals surface area contributed by atoms with Crippen LogP contribution in [0.5, 0.6) is 0 Å². The number of hydrogen-bond donors (Lipinski definition) is 0. The second kappa shape index (κ2) is 10.2. The third-order valence-electron chi connectivity index (χ3n) is 6.96. The Morgan fingerprint density at radius 2 is 1.74 bits per heavy atom. The minimum atomic E-state index is -4.51. The van der Waals surface area contributed by atoms with E-state index in [-0.39, 0.29) is 12.4 Å². The van der Waals surface area contributed by atoms with Crippen molar-refractivity contribution < 1.29 is 31.8 Å². The molecule has 1 aliphatic rings. The van der Waals surface area contributed by atoms with Gasteiger partial charge in [0.25, 0.3) is 0 Å².